The molecule has 0 radical (unpaired) electrons. The van der Waals surface area contributed by atoms with Gasteiger partial charge in [0.1, 0.15) is 0 Å². The summed E-state index contributed by atoms with van der Waals surface area (Å²) in [6.45, 7) is 3.87. The molecule has 2 N–H and O–H groups in total. The van der Waals surface area contributed by atoms with Crippen molar-refractivity contribution in [3.05, 3.63) is 59.2 Å². The van der Waals surface area contributed by atoms with Crippen molar-refractivity contribution in [1.29, 1.82) is 0 Å². The third-order valence-electron chi connectivity index (χ3n) is 3.40. The van der Waals surface area contributed by atoms with Crippen LogP contribution in [0.2, 0.25) is 0 Å². The fourth-order valence-electron chi connectivity index (χ4n) is 2.27. The maximum atomic E-state index is 12.5. The van der Waals surface area contributed by atoms with Gasteiger partial charge in [0, 0.05) is 0 Å². The summed E-state index contributed by atoms with van der Waals surface area (Å²) in [7, 11) is -3.83. The highest BCUT2D eigenvalue weighted by molar-refractivity contribution is 7.92. The number of anilines is 1. The number of hydrogen-bond donors (Lipinski definition) is 2. The summed E-state index contributed by atoms with van der Waals surface area (Å²) in [6.07, 6.45) is 0.694. The molecule has 0 aliphatic rings. The van der Waals surface area contributed by atoms with Crippen molar-refractivity contribution >= 4 is 21.7 Å². The van der Waals surface area contributed by atoms with Crippen molar-refractivity contribution in [2.24, 2.45) is 0 Å². The number of sulfonamides is 1. The van der Waals surface area contributed by atoms with Gasteiger partial charge >= 0.3 is 5.97 Å². The van der Waals surface area contributed by atoms with Gasteiger partial charge in [-0.25, -0.2) is 13.2 Å². The largest absolute Gasteiger partial charge is 0.478 e. The molecule has 5 nitrogen and oxygen atoms in total. The van der Waals surface area contributed by atoms with E-state index < -0.39 is 16.0 Å². The molecule has 0 unspecified atom stereocenters. The number of carbonyl (C=O) groups is 1. The van der Waals surface area contributed by atoms with Crippen LogP contribution in [0.3, 0.4) is 0 Å². The first-order chi connectivity index (χ1) is 10.3. The number of benzene rings is 2. The molecule has 0 saturated carbocycles. The third kappa shape index (κ3) is 3.28. The van der Waals surface area contributed by atoms with Crippen LogP contribution in [0.15, 0.2) is 47.4 Å². The van der Waals surface area contributed by atoms with Gasteiger partial charge in [-0.3, -0.25) is 4.72 Å². The number of carboxylic acid groups (broad SMARTS) is 1. The van der Waals surface area contributed by atoms with Gasteiger partial charge in [-0.1, -0.05) is 25.1 Å². The van der Waals surface area contributed by atoms with Crippen LogP contribution in [0, 0.1) is 6.92 Å². The highest BCUT2D eigenvalue weighted by Gasteiger charge is 2.17. The second kappa shape index (κ2) is 6.19. The monoisotopic (exact) mass is 319 g/mol. The van der Waals surface area contributed by atoms with Crippen molar-refractivity contribution < 1.29 is 18.3 Å². The summed E-state index contributed by atoms with van der Waals surface area (Å²) in [4.78, 5) is 10.9. The molecule has 0 aromatic heterocycles. The van der Waals surface area contributed by atoms with E-state index in [1.165, 1.54) is 18.2 Å². The lowest BCUT2D eigenvalue weighted by Gasteiger charge is -2.14. The first-order valence-electron chi connectivity index (χ1n) is 6.80. The van der Waals surface area contributed by atoms with E-state index >= 15 is 0 Å². The Hall–Kier alpha value is -2.34. The van der Waals surface area contributed by atoms with Crippen LogP contribution in [0.25, 0.3) is 0 Å². The van der Waals surface area contributed by atoms with Gasteiger partial charge in [0.2, 0.25) is 0 Å². The van der Waals surface area contributed by atoms with Crippen LogP contribution in [-0.2, 0) is 16.4 Å². The molecule has 0 aliphatic carbocycles. The summed E-state index contributed by atoms with van der Waals surface area (Å²) in [6, 6.07) is 10.7. The predicted molar refractivity (Wildman–Crippen MR) is 84.8 cm³/mol. The van der Waals surface area contributed by atoms with Crippen molar-refractivity contribution in [3.8, 4) is 0 Å². The van der Waals surface area contributed by atoms with Gasteiger partial charge in [-0.05, 0) is 48.7 Å². The number of nitrogens with one attached hydrogen (secondary N) is 1. The molecule has 2 aromatic rings. The average Bonchev–Trinajstić information content (AvgIpc) is 2.47. The summed E-state index contributed by atoms with van der Waals surface area (Å²) >= 11 is 0. The Morgan fingerprint density at radius 2 is 1.86 bits per heavy atom. The fraction of sp³-hybridized carbons (Fsp3) is 0.188. The van der Waals surface area contributed by atoms with Gasteiger partial charge in [-0.2, -0.15) is 0 Å². The Morgan fingerprint density at radius 3 is 2.50 bits per heavy atom. The summed E-state index contributed by atoms with van der Waals surface area (Å²) < 4.78 is 27.4. The van der Waals surface area contributed by atoms with Gasteiger partial charge in [0.25, 0.3) is 10.0 Å². The molecule has 0 spiro atoms. The highest BCUT2D eigenvalue weighted by atomic mass is 32.2. The Morgan fingerprint density at radius 1 is 1.18 bits per heavy atom. The number of hydrogen-bond acceptors (Lipinski definition) is 3. The summed E-state index contributed by atoms with van der Waals surface area (Å²) in [5.41, 5.74) is 2.37. The molecule has 0 aliphatic heterocycles. The second-order valence-corrected chi connectivity index (χ2v) is 6.58. The molecule has 0 fully saturated rings. The van der Waals surface area contributed by atoms with Crippen LogP contribution in [0.1, 0.15) is 28.4 Å². The zero-order chi connectivity index (χ0) is 16.3. The van der Waals surface area contributed by atoms with Crippen molar-refractivity contribution in [1.82, 2.24) is 0 Å². The minimum Gasteiger partial charge on any atom is -0.478 e. The maximum absolute atomic E-state index is 12.5. The quantitative estimate of drug-likeness (QED) is 0.887. The number of aryl methyl sites for hydroxylation is 1. The second-order valence-electron chi connectivity index (χ2n) is 4.89. The van der Waals surface area contributed by atoms with Gasteiger partial charge < -0.3 is 5.11 Å². The predicted octanol–water partition coefficient (Wildman–Crippen LogP) is 3.06. The van der Waals surface area contributed by atoms with Gasteiger partial charge in [-0.15, -0.1) is 0 Å². The Kier molecular flexibility index (Phi) is 4.51. The molecular formula is C16H17NO4S. The van der Waals surface area contributed by atoms with Crippen LogP contribution in [-0.4, -0.2) is 19.5 Å². The standard InChI is InChI=1S/C16H17NO4S/c1-3-14-11(2)6-4-9-15(14)17-22(20,21)13-8-5-7-12(10-13)16(18)19/h4-10,17H,3H2,1-2H3,(H,18,19). The summed E-state index contributed by atoms with van der Waals surface area (Å²) in [5, 5.41) is 8.97. The fourth-order valence-corrected chi connectivity index (χ4v) is 3.41. The molecule has 6 heteroatoms. The van der Waals surface area contributed by atoms with Crippen molar-refractivity contribution in [2.75, 3.05) is 4.72 Å². The molecule has 0 amide bonds. The summed E-state index contributed by atoms with van der Waals surface area (Å²) in [5.74, 6) is -1.16. The average molecular weight is 319 g/mol. The van der Waals surface area contributed by atoms with Gasteiger partial charge in [0.15, 0.2) is 0 Å². The van der Waals surface area contributed by atoms with Crippen molar-refractivity contribution in [3.63, 3.8) is 0 Å². The van der Waals surface area contributed by atoms with Crippen molar-refractivity contribution in [2.45, 2.75) is 25.2 Å². The molecule has 2 rings (SSSR count). The van der Waals surface area contributed by atoms with Crippen LogP contribution in [0.5, 0.6) is 0 Å². The maximum Gasteiger partial charge on any atom is 0.335 e. The molecule has 0 bridgehead atoms. The first kappa shape index (κ1) is 16.0. The number of aromatic carboxylic acids is 1. The molecule has 0 heterocycles. The van der Waals surface area contributed by atoms with Crippen LogP contribution < -0.4 is 4.72 Å². The number of carboxylic acids is 1. The lowest BCUT2D eigenvalue weighted by atomic mass is 10.1. The minimum atomic E-state index is -3.83. The first-order valence-corrected chi connectivity index (χ1v) is 8.28. The molecule has 0 atom stereocenters. The Bertz CT molecular complexity index is 813. The minimum absolute atomic E-state index is 0.0668. The van der Waals surface area contributed by atoms with Crippen LogP contribution in [0.4, 0.5) is 5.69 Å². The van der Waals surface area contributed by atoms with Crippen LogP contribution >= 0.6 is 0 Å². The Labute approximate surface area is 129 Å². The molecule has 2 aromatic carbocycles. The third-order valence-corrected chi connectivity index (χ3v) is 4.76. The van der Waals surface area contributed by atoms with E-state index in [1.807, 2.05) is 19.9 Å². The lowest BCUT2D eigenvalue weighted by Crippen LogP contribution is -2.15. The van der Waals surface area contributed by atoms with E-state index in [2.05, 4.69) is 4.72 Å². The lowest BCUT2D eigenvalue weighted by molar-refractivity contribution is 0.0696. The highest BCUT2D eigenvalue weighted by Crippen LogP contribution is 2.23. The smallest absolute Gasteiger partial charge is 0.335 e. The van der Waals surface area contributed by atoms with E-state index in [4.69, 9.17) is 5.11 Å². The molecule has 0 saturated heterocycles. The number of rotatable bonds is 5. The van der Waals surface area contributed by atoms with E-state index in [1.54, 1.807) is 12.1 Å². The van der Waals surface area contributed by atoms with E-state index in [0.29, 0.717) is 12.1 Å². The topological polar surface area (TPSA) is 83.5 Å². The van der Waals surface area contributed by atoms with Gasteiger partial charge in [0.05, 0.1) is 16.1 Å². The zero-order valence-corrected chi connectivity index (χ0v) is 13.1. The Balaban J connectivity index is 2.42. The molecular weight excluding hydrogens is 302 g/mol. The van der Waals surface area contributed by atoms with E-state index in [-0.39, 0.29) is 10.5 Å². The zero-order valence-electron chi connectivity index (χ0n) is 12.3. The van der Waals surface area contributed by atoms with E-state index in [9.17, 15) is 13.2 Å². The SMILES string of the molecule is CCc1c(C)cccc1NS(=O)(=O)c1cccc(C(=O)O)c1. The molecule has 116 valence electrons. The van der Waals surface area contributed by atoms with E-state index in [0.717, 1.165) is 17.2 Å². The normalized spacial score (nSPS) is 11.2. The molecule has 22 heavy (non-hydrogen) atoms.